The van der Waals surface area contributed by atoms with E-state index < -0.39 is 5.91 Å². The number of hydrogen-bond donors (Lipinski definition) is 1. The number of carbonyl (C=O) groups is 1. The van der Waals surface area contributed by atoms with Crippen LogP contribution in [-0.2, 0) is 17.8 Å². The van der Waals surface area contributed by atoms with Crippen molar-refractivity contribution in [3.63, 3.8) is 0 Å². The van der Waals surface area contributed by atoms with Crippen molar-refractivity contribution in [1.82, 2.24) is 10.2 Å². The van der Waals surface area contributed by atoms with Crippen LogP contribution in [0.5, 0.6) is 0 Å². The lowest BCUT2D eigenvalue weighted by molar-refractivity contribution is -0.117. The molecule has 2 aromatic rings. The van der Waals surface area contributed by atoms with Gasteiger partial charge in [0.1, 0.15) is 17.4 Å². The van der Waals surface area contributed by atoms with E-state index in [-0.39, 0.29) is 5.57 Å². The predicted octanol–water partition coefficient (Wildman–Crippen LogP) is 2.61. The minimum absolute atomic E-state index is 0.0336. The first-order valence-electron chi connectivity index (χ1n) is 7.74. The van der Waals surface area contributed by atoms with Crippen LogP contribution < -0.4 is 5.32 Å². The van der Waals surface area contributed by atoms with Crippen LogP contribution in [0.15, 0.2) is 52.7 Å². The zero-order valence-electron chi connectivity index (χ0n) is 14.0. The summed E-state index contributed by atoms with van der Waals surface area (Å²) in [7, 11) is 4.06. The largest absolute Gasteiger partial charge is 0.465 e. The Balaban J connectivity index is 1.89. The molecule has 2 rings (SSSR count). The highest BCUT2D eigenvalue weighted by Crippen LogP contribution is 2.09. The highest BCUT2D eigenvalue weighted by Gasteiger charge is 2.09. The summed E-state index contributed by atoms with van der Waals surface area (Å²) in [6.07, 6.45) is 3.65. The van der Waals surface area contributed by atoms with Gasteiger partial charge in [0.2, 0.25) is 0 Å². The number of carbonyl (C=O) groups excluding carboxylic acids is 1. The van der Waals surface area contributed by atoms with Gasteiger partial charge < -0.3 is 14.6 Å². The Morgan fingerprint density at radius 2 is 2.08 bits per heavy atom. The molecule has 0 unspecified atom stereocenters. The van der Waals surface area contributed by atoms with Gasteiger partial charge in [-0.2, -0.15) is 5.26 Å². The van der Waals surface area contributed by atoms with Gasteiger partial charge in [-0.15, -0.1) is 0 Å². The number of furan rings is 1. The van der Waals surface area contributed by atoms with Crippen molar-refractivity contribution in [2.75, 3.05) is 20.6 Å². The van der Waals surface area contributed by atoms with E-state index >= 15 is 0 Å². The van der Waals surface area contributed by atoms with Gasteiger partial charge in [-0.3, -0.25) is 4.79 Å². The molecule has 24 heavy (non-hydrogen) atoms. The van der Waals surface area contributed by atoms with Crippen molar-refractivity contribution in [2.24, 2.45) is 0 Å². The molecule has 5 heteroatoms. The van der Waals surface area contributed by atoms with Crippen LogP contribution in [-0.4, -0.2) is 31.4 Å². The second-order valence-corrected chi connectivity index (χ2v) is 5.75. The first kappa shape index (κ1) is 17.5. The predicted molar refractivity (Wildman–Crippen MR) is 92.8 cm³/mol. The maximum absolute atomic E-state index is 12.1. The van der Waals surface area contributed by atoms with Gasteiger partial charge >= 0.3 is 0 Å². The van der Waals surface area contributed by atoms with Crippen molar-refractivity contribution >= 4 is 12.0 Å². The molecule has 0 atom stereocenters. The maximum atomic E-state index is 12.1. The smallest absolute Gasteiger partial charge is 0.262 e. The average molecular weight is 323 g/mol. The quantitative estimate of drug-likeness (QED) is 0.628. The summed E-state index contributed by atoms with van der Waals surface area (Å²) < 4.78 is 5.12. The van der Waals surface area contributed by atoms with Crippen LogP contribution in [0.3, 0.4) is 0 Å². The summed E-state index contributed by atoms with van der Waals surface area (Å²) in [4.78, 5) is 14.2. The van der Waals surface area contributed by atoms with Gasteiger partial charge in [0.05, 0.1) is 6.26 Å². The SMILES string of the molecule is CN(C)Cc1cccc(CCNC(=O)/C(C#N)=C/c2ccco2)c1. The van der Waals surface area contributed by atoms with Gasteiger partial charge in [0.15, 0.2) is 0 Å². The van der Waals surface area contributed by atoms with Crippen molar-refractivity contribution < 1.29 is 9.21 Å². The molecule has 0 aliphatic carbocycles. The first-order valence-corrected chi connectivity index (χ1v) is 7.74. The average Bonchev–Trinajstić information content (AvgIpc) is 3.05. The van der Waals surface area contributed by atoms with E-state index in [0.29, 0.717) is 18.7 Å². The van der Waals surface area contributed by atoms with E-state index in [1.54, 1.807) is 12.1 Å². The molecule has 1 amide bonds. The van der Waals surface area contributed by atoms with E-state index in [1.165, 1.54) is 17.9 Å². The van der Waals surface area contributed by atoms with Crippen LogP contribution in [0.25, 0.3) is 6.08 Å². The molecule has 1 heterocycles. The van der Waals surface area contributed by atoms with Crippen molar-refractivity contribution in [1.29, 1.82) is 5.26 Å². The number of benzene rings is 1. The number of nitrogens with zero attached hydrogens (tertiary/aromatic N) is 2. The Bertz CT molecular complexity index is 740. The summed E-state index contributed by atoms with van der Waals surface area (Å²) in [6, 6.07) is 13.6. The maximum Gasteiger partial charge on any atom is 0.262 e. The zero-order valence-corrected chi connectivity index (χ0v) is 14.0. The second kappa shape index (κ2) is 8.70. The van der Waals surface area contributed by atoms with E-state index in [9.17, 15) is 4.79 Å². The molecule has 1 aromatic carbocycles. The van der Waals surface area contributed by atoms with Crippen LogP contribution in [0, 0.1) is 11.3 Å². The molecule has 0 saturated heterocycles. The molecule has 0 saturated carbocycles. The monoisotopic (exact) mass is 323 g/mol. The molecule has 0 spiro atoms. The number of hydrogen-bond acceptors (Lipinski definition) is 4. The standard InChI is InChI=1S/C19H21N3O2/c1-22(2)14-16-6-3-5-15(11-16)8-9-21-19(23)17(13-20)12-18-7-4-10-24-18/h3-7,10-12H,8-9,14H2,1-2H3,(H,21,23)/b17-12+. The van der Waals surface area contributed by atoms with Gasteiger partial charge in [0.25, 0.3) is 5.91 Å². The van der Waals surface area contributed by atoms with Crippen LogP contribution in [0.2, 0.25) is 0 Å². The molecule has 0 fully saturated rings. The number of nitriles is 1. The van der Waals surface area contributed by atoms with Gasteiger partial charge in [-0.25, -0.2) is 0 Å². The molecule has 0 aliphatic heterocycles. The minimum atomic E-state index is -0.390. The highest BCUT2D eigenvalue weighted by molar-refractivity contribution is 6.01. The topological polar surface area (TPSA) is 69.3 Å². The fraction of sp³-hybridized carbons (Fsp3) is 0.263. The molecule has 124 valence electrons. The first-order chi connectivity index (χ1) is 11.6. The van der Waals surface area contributed by atoms with Crippen LogP contribution in [0.4, 0.5) is 0 Å². The fourth-order valence-corrected chi connectivity index (χ4v) is 2.33. The molecule has 5 nitrogen and oxygen atoms in total. The Kier molecular flexibility index (Phi) is 6.35. The summed E-state index contributed by atoms with van der Waals surface area (Å²) in [5, 5.41) is 11.9. The number of rotatable bonds is 7. The Morgan fingerprint density at radius 1 is 1.29 bits per heavy atom. The van der Waals surface area contributed by atoms with Gasteiger partial charge in [-0.05, 0) is 43.8 Å². The minimum Gasteiger partial charge on any atom is -0.465 e. The zero-order chi connectivity index (χ0) is 17.4. The Labute approximate surface area is 142 Å². The van der Waals surface area contributed by atoms with Gasteiger partial charge in [-0.1, -0.05) is 24.3 Å². The Morgan fingerprint density at radius 3 is 2.75 bits per heavy atom. The summed E-state index contributed by atoms with van der Waals surface area (Å²) in [5.74, 6) is 0.0939. The molecule has 0 bridgehead atoms. The second-order valence-electron chi connectivity index (χ2n) is 5.75. The van der Waals surface area contributed by atoms with Crippen molar-refractivity contribution in [2.45, 2.75) is 13.0 Å². The summed E-state index contributed by atoms with van der Waals surface area (Å²) >= 11 is 0. The lowest BCUT2D eigenvalue weighted by atomic mass is 10.1. The lowest BCUT2D eigenvalue weighted by Crippen LogP contribution is -2.26. The molecular weight excluding hydrogens is 302 g/mol. The summed E-state index contributed by atoms with van der Waals surface area (Å²) in [6.45, 7) is 1.35. The van der Waals surface area contributed by atoms with Crippen LogP contribution in [0.1, 0.15) is 16.9 Å². The summed E-state index contributed by atoms with van der Waals surface area (Å²) in [5.41, 5.74) is 2.42. The lowest BCUT2D eigenvalue weighted by Gasteiger charge is -2.11. The third-order valence-electron chi connectivity index (χ3n) is 3.38. The van der Waals surface area contributed by atoms with E-state index in [4.69, 9.17) is 9.68 Å². The Hall–Kier alpha value is -2.84. The normalized spacial score (nSPS) is 11.3. The highest BCUT2D eigenvalue weighted by atomic mass is 16.3. The molecule has 1 aromatic heterocycles. The molecular formula is C19H21N3O2. The van der Waals surface area contributed by atoms with Crippen LogP contribution >= 0.6 is 0 Å². The number of amides is 1. The van der Waals surface area contributed by atoms with Crippen molar-refractivity contribution in [3.8, 4) is 6.07 Å². The van der Waals surface area contributed by atoms with Gasteiger partial charge in [0, 0.05) is 19.2 Å². The van der Waals surface area contributed by atoms with E-state index in [2.05, 4.69) is 22.3 Å². The molecule has 1 N–H and O–H groups in total. The van der Waals surface area contributed by atoms with E-state index in [1.807, 2.05) is 32.3 Å². The fourth-order valence-electron chi connectivity index (χ4n) is 2.33. The third kappa shape index (κ3) is 5.41. The van der Waals surface area contributed by atoms with Crippen molar-refractivity contribution in [3.05, 3.63) is 65.1 Å². The van der Waals surface area contributed by atoms with E-state index in [0.717, 1.165) is 12.1 Å². The third-order valence-corrected chi connectivity index (χ3v) is 3.38. The number of nitrogens with one attached hydrogen (secondary N) is 1. The molecule has 0 radical (unpaired) electrons. The molecule has 0 aliphatic rings.